The van der Waals surface area contributed by atoms with Crippen molar-refractivity contribution >= 4 is 0 Å². The molecule has 0 saturated heterocycles. The highest BCUT2D eigenvalue weighted by molar-refractivity contribution is 5.02. The van der Waals surface area contributed by atoms with E-state index >= 15 is 0 Å². The van der Waals surface area contributed by atoms with Crippen LogP contribution >= 0.6 is 0 Å². The number of hydrogen-bond acceptors (Lipinski definition) is 4. The highest BCUT2D eigenvalue weighted by atomic mass is 16.3. The Bertz CT molecular complexity index is 527. The Balaban J connectivity index is 1.65. The fraction of sp³-hybridized carbons (Fsp3) is 0.615. The van der Waals surface area contributed by atoms with Crippen molar-refractivity contribution in [3.8, 4) is 0 Å². The van der Waals surface area contributed by atoms with Crippen LogP contribution in [-0.4, -0.2) is 36.5 Å². The van der Waals surface area contributed by atoms with Gasteiger partial charge in [-0.2, -0.15) is 5.10 Å². The number of aliphatic hydroxyl groups is 1. The Kier molecular flexibility index (Phi) is 3.59. The third kappa shape index (κ3) is 2.84. The van der Waals surface area contributed by atoms with Crippen LogP contribution in [0.4, 0.5) is 0 Å². The maximum absolute atomic E-state index is 8.85. The van der Waals surface area contributed by atoms with E-state index in [1.54, 1.807) is 4.68 Å². The van der Waals surface area contributed by atoms with Gasteiger partial charge in [0.1, 0.15) is 0 Å². The number of rotatable bonds is 5. The van der Waals surface area contributed by atoms with E-state index in [-0.39, 0.29) is 6.61 Å². The van der Waals surface area contributed by atoms with E-state index in [1.807, 2.05) is 12.3 Å². The Labute approximate surface area is 112 Å². The van der Waals surface area contributed by atoms with E-state index in [0.29, 0.717) is 19.0 Å². The summed E-state index contributed by atoms with van der Waals surface area (Å²) in [4.78, 5) is 0. The second kappa shape index (κ2) is 5.52. The van der Waals surface area contributed by atoms with Gasteiger partial charge in [0.05, 0.1) is 24.0 Å². The molecule has 0 spiro atoms. The van der Waals surface area contributed by atoms with Crippen molar-refractivity contribution in [1.29, 1.82) is 0 Å². The largest absolute Gasteiger partial charge is 0.396 e. The molecular weight excluding hydrogens is 242 g/mol. The van der Waals surface area contributed by atoms with E-state index in [1.165, 1.54) is 25.7 Å². The predicted molar refractivity (Wildman–Crippen MR) is 69.6 cm³/mol. The highest BCUT2D eigenvalue weighted by Crippen LogP contribution is 2.28. The highest BCUT2D eigenvalue weighted by Gasteiger charge is 2.17. The minimum atomic E-state index is 0.106. The number of aromatic nitrogens is 5. The van der Waals surface area contributed by atoms with Crippen LogP contribution < -0.4 is 0 Å². The van der Waals surface area contributed by atoms with Crippen LogP contribution in [0.25, 0.3) is 0 Å². The van der Waals surface area contributed by atoms with Gasteiger partial charge in [-0.15, -0.1) is 5.10 Å². The minimum Gasteiger partial charge on any atom is -0.396 e. The summed E-state index contributed by atoms with van der Waals surface area (Å²) >= 11 is 0. The molecule has 0 radical (unpaired) electrons. The lowest BCUT2D eigenvalue weighted by molar-refractivity contribution is 0.298. The summed E-state index contributed by atoms with van der Waals surface area (Å²) in [5.74, 6) is 0. The molecule has 0 aromatic carbocycles. The number of nitrogens with zero attached hydrogens (tertiary/aromatic N) is 5. The first-order chi connectivity index (χ1) is 9.35. The second-order valence-electron chi connectivity index (χ2n) is 5.11. The van der Waals surface area contributed by atoms with Gasteiger partial charge in [0.15, 0.2) is 0 Å². The molecule has 2 heterocycles. The third-order valence-corrected chi connectivity index (χ3v) is 3.64. The smallest absolute Gasteiger partial charge is 0.0867 e. The van der Waals surface area contributed by atoms with Crippen LogP contribution in [-0.2, 0) is 13.0 Å². The topological polar surface area (TPSA) is 68.8 Å². The van der Waals surface area contributed by atoms with Gasteiger partial charge >= 0.3 is 0 Å². The standard InChI is InChI=1S/C13H19N5O/c19-8-6-11-9-17(16-14-11)10-12-5-7-18(15-12)13-3-1-2-4-13/h5,7,9,13,19H,1-4,6,8,10H2. The second-order valence-corrected chi connectivity index (χ2v) is 5.11. The molecule has 6 heteroatoms. The van der Waals surface area contributed by atoms with E-state index in [2.05, 4.69) is 26.3 Å². The van der Waals surface area contributed by atoms with Crippen molar-refractivity contribution in [3.63, 3.8) is 0 Å². The molecule has 0 unspecified atom stereocenters. The molecule has 1 saturated carbocycles. The fourth-order valence-corrected chi connectivity index (χ4v) is 2.64. The zero-order valence-electron chi connectivity index (χ0n) is 10.9. The van der Waals surface area contributed by atoms with Gasteiger partial charge in [-0.05, 0) is 18.9 Å². The van der Waals surface area contributed by atoms with Crippen LogP contribution in [0.15, 0.2) is 18.5 Å². The van der Waals surface area contributed by atoms with Crippen LogP contribution in [0.1, 0.15) is 43.1 Å². The summed E-state index contributed by atoms with van der Waals surface area (Å²) in [5, 5.41) is 21.5. The third-order valence-electron chi connectivity index (χ3n) is 3.64. The lowest BCUT2D eigenvalue weighted by atomic mass is 10.3. The Morgan fingerprint density at radius 1 is 1.26 bits per heavy atom. The molecule has 19 heavy (non-hydrogen) atoms. The summed E-state index contributed by atoms with van der Waals surface area (Å²) in [6.45, 7) is 0.743. The minimum absolute atomic E-state index is 0.106. The molecule has 1 fully saturated rings. The molecule has 2 aromatic rings. The van der Waals surface area contributed by atoms with E-state index in [9.17, 15) is 0 Å². The Hall–Kier alpha value is -1.69. The van der Waals surface area contributed by atoms with Crippen molar-refractivity contribution in [2.45, 2.75) is 44.7 Å². The van der Waals surface area contributed by atoms with Crippen LogP contribution in [0.3, 0.4) is 0 Å². The van der Waals surface area contributed by atoms with Crippen molar-refractivity contribution in [1.82, 2.24) is 24.8 Å². The van der Waals surface area contributed by atoms with Crippen LogP contribution in [0.2, 0.25) is 0 Å². The summed E-state index contributed by atoms with van der Waals surface area (Å²) < 4.78 is 3.86. The molecule has 3 rings (SSSR count). The van der Waals surface area contributed by atoms with Gasteiger partial charge in [-0.3, -0.25) is 4.68 Å². The average Bonchev–Trinajstić information content (AvgIpc) is 3.10. The SMILES string of the molecule is OCCc1cn(Cc2ccn(C3CCCC3)n2)nn1. The fourth-order valence-electron chi connectivity index (χ4n) is 2.64. The van der Waals surface area contributed by atoms with Crippen molar-refractivity contribution in [2.24, 2.45) is 0 Å². The van der Waals surface area contributed by atoms with Gasteiger partial charge < -0.3 is 5.11 Å². The monoisotopic (exact) mass is 261 g/mol. The Morgan fingerprint density at radius 3 is 2.89 bits per heavy atom. The number of aliphatic hydroxyl groups excluding tert-OH is 1. The predicted octanol–water partition coefficient (Wildman–Crippen LogP) is 1.17. The van der Waals surface area contributed by atoms with Crippen molar-refractivity contribution in [3.05, 3.63) is 29.8 Å². The molecule has 0 bridgehead atoms. The number of hydrogen-bond donors (Lipinski definition) is 1. The van der Waals surface area contributed by atoms with Gasteiger partial charge in [0.2, 0.25) is 0 Å². The summed E-state index contributed by atoms with van der Waals surface area (Å²) in [7, 11) is 0. The summed E-state index contributed by atoms with van der Waals surface area (Å²) in [5.41, 5.74) is 1.82. The zero-order valence-corrected chi connectivity index (χ0v) is 10.9. The first kappa shape index (κ1) is 12.3. The van der Waals surface area contributed by atoms with E-state index < -0.39 is 0 Å². The molecule has 2 aromatic heterocycles. The van der Waals surface area contributed by atoms with Crippen LogP contribution in [0.5, 0.6) is 0 Å². The molecular formula is C13H19N5O. The lowest BCUT2D eigenvalue weighted by Crippen LogP contribution is -2.07. The average molecular weight is 261 g/mol. The van der Waals surface area contributed by atoms with Crippen molar-refractivity contribution in [2.75, 3.05) is 6.61 Å². The Morgan fingerprint density at radius 2 is 2.11 bits per heavy atom. The van der Waals surface area contributed by atoms with E-state index in [0.717, 1.165) is 11.4 Å². The van der Waals surface area contributed by atoms with Crippen molar-refractivity contribution < 1.29 is 5.11 Å². The summed E-state index contributed by atoms with van der Waals surface area (Å²) in [6, 6.07) is 2.63. The molecule has 0 atom stereocenters. The molecule has 1 aliphatic rings. The molecule has 1 aliphatic carbocycles. The van der Waals surface area contributed by atoms with Gasteiger partial charge in [0.25, 0.3) is 0 Å². The van der Waals surface area contributed by atoms with E-state index in [4.69, 9.17) is 5.11 Å². The summed E-state index contributed by atoms with van der Waals surface area (Å²) in [6.07, 6.45) is 9.59. The molecule has 6 nitrogen and oxygen atoms in total. The normalized spacial score (nSPS) is 16.3. The van der Waals surface area contributed by atoms with Gasteiger partial charge in [0, 0.05) is 25.4 Å². The molecule has 1 N–H and O–H groups in total. The van der Waals surface area contributed by atoms with Crippen LogP contribution in [0, 0.1) is 0 Å². The molecule has 0 amide bonds. The maximum Gasteiger partial charge on any atom is 0.0867 e. The van der Waals surface area contributed by atoms with Gasteiger partial charge in [-0.1, -0.05) is 18.1 Å². The van der Waals surface area contributed by atoms with Gasteiger partial charge in [-0.25, -0.2) is 4.68 Å². The first-order valence-corrected chi connectivity index (χ1v) is 6.89. The lowest BCUT2D eigenvalue weighted by Gasteiger charge is -2.08. The first-order valence-electron chi connectivity index (χ1n) is 6.89. The zero-order chi connectivity index (χ0) is 13.1. The molecule has 0 aliphatic heterocycles. The molecule has 102 valence electrons. The quantitative estimate of drug-likeness (QED) is 0.877. The maximum atomic E-state index is 8.85.